The SMILES string of the molecule is C[C@]1(c2ccccc2)CC(F)(F)CCN1C(=O)C(=O)Nc1cncc(C(N)=O)c1. The minimum absolute atomic E-state index is 0.0574. The third kappa shape index (κ3) is 4.23. The predicted molar refractivity (Wildman–Crippen MR) is 101 cm³/mol. The molecular weight excluding hydrogens is 382 g/mol. The van der Waals surface area contributed by atoms with Crippen LogP contribution in [0, 0.1) is 0 Å². The van der Waals surface area contributed by atoms with Gasteiger partial charge in [0.2, 0.25) is 5.91 Å². The molecule has 0 radical (unpaired) electrons. The van der Waals surface area contributed by atoms with E-state index >= 15 is 0 Å². The quantitative estimate of drug-likeness (QED) is 0.769. The number of hydrogen-bond donors (Lipinski definition) is 2. The normalized spacial score (nSPS) is 20.7. The Morgan fingerprint density at radius 1 is 1.17 bits per heavy atom. The number of nitrogens with two attached hydrogens (primary N) is 1. The first-order valence-electron chi connectivity index (χ1n) is 8.93. The van der Waals surface area contributed by atoms with Crippen molar-refractivity contribution in [1.29, 1.82) is 0 Å². The van der Waals surface area contributed by atoms with Crippen molar-refractivity contribution in [3.05, 3.63) is 59.9 Å². The number of primary amides is 1. The van der Waals surface area contributed by atoms with Gasteiger partial charge in [-0.1, -0.05) is 30.3 Å². The van der Waals surface area contributed by atoms with E-state index in [-0.39, 0.29) is 17.8 Å². The molecule has 3 N–H and O–H groups in total. The van der Waals surface area contributed by atoms with Crippen LogP contribution in [0.25, 0.3) is 0 Å². The first-order valence-corrected chi connectivity index (χ1v) is 8.93. The van der Waals surface area contributed by atoms with Crippen LogP contribution < -0.4 is 11.1 Å². The first kappa shape index (κ1) is 20.4. The number of alkyl halides is 2. The summed E-state index contributed by atoms with van der Waals surface area (Å²) in [6.07, 6.45) is 1.34. The van der Waals surface area contributed by atoms with Crippen LogP contribution in [0.5, 0.6) is 0 Å². The van der Waals surface area contributed by atoms with E-state index in [0.717, 1.165) is 0 Å². The molecule has 2 heterocycles. The third-order valence-electron chi connectivity index (χ3n) is 5.02. The number of rotatable bonds is 3. The van der Waals surface area contributed by atoms with Crippen molar-refractivity contribution in [3.63, 3.8) is 0 Å². The average molecular weight is 402 g/mol. The Morgan fingerprint density at radius 2 is 1.86 bits per heavy atom. The van der Waals surface area contributed by atoms with Gasteiger partial charge in [-0.15, -0.1) is 0 Å². The summed E-state index contributed by atoms with van der Waals surface area (Å²) in [6.45, 7) is 1.25. The van der Waals surface area contributed by atoms with Gasteiger partial charge in [0.25, 0.3) is 5.92 Å². The van der Waals surface area contributed by atoms with Crippen LogP contribution >= 0.6 is 0 Å². The lowest BCUT2D eigenvalue weighted by atomic mass is 9.80. The topological polar surface area (TPSA) is 105 Å². The van der Waals surface area contributed by atoms with E-state index in [9.17, 15) is 23.2 Å². The Bertz CT molecular complexity index is 952. The van der Waals surface area contributed by atoms with Crippen LogP contribution in [0.3, 0.4) is 0 Å². The lowest BCUT2D eigenvalue weighted by Gasteiger charge is -2.47. The summed E-state index contributed by atoms with van der Waals surface area (Å²) in [7, 11) is 0. The zero-order valence-corrected chi connectivity index (χ0v) is 15.7. The number of aromatic nitrogens is 1. The molecule has 0 saturated carbocycles. The zero-order chi connectivity index (χ0) is 21.2. The maximum atomic E-state index is 14.2. The first-order chi connectivity index (χ1) is 13.6. The average Bonchev–Trinajstić information content (AvgIpc) is 2.67. The van der Waals surface area contributed by atoms with Crippen LogP contribution in [-0.2, 0) is 15.1 Å². The molecular formula is C20H20F2N4O3. The van der Waals surface area contributed by atoms with Crippen LogP contribution in [0.2, 0.25) is 0 Å². The Labute approximate surface area is 165 Å². The molecule has 3 rings (SSSR count). The summed E-state index contributed by atoms with van der Waals surface area (Å²) in [6, 6.07) is 9.71. The van der Waals surface area contributed by atoms with Crippen molar-refractivity contribution in [3.8, 4) is 0 Å². The number of likely N-dealkylation sites (tertiary alicyclic amines) is 1. The number of piperidine rings is 1. The van der Waals surface area contributed by atoms with Gasteiger partial charge in [0.15, 0.2) is 0 Å². The molecule has 3 amide bonds. The highest BCUT2D eigenvalue weighted by Crippen LogP contribution is 2.44. The molecule has 0 unspecified atom stereocenters. The number of benzene rings is 1. The molecule has 1 aliphatic rings. The molecule has 2 aromatic rings. The zero-order valence-electron chi connectivity index (χ0n) is 15.7. The highest BCUT2D eigenvalue weighted by Gasteiger charge is 2.51. The Kier molecular flexibility index (Phi) is 5.32. The number of halogens is 2. The maximum absolute atomic E-state index is 14.2. The molecule has 7 nitrogen and oxygen atoms in total. The molecule has 0 bridgehead atoms. The number of hydrogen-bond acceptors (Lipinski definition) is 4. The third-order valence-corrected chi connectivity index (χ3v) is 5.02. The second-order valence-corrected chi connectivity index (χ2v) is 7.16. The van der Waals surface area contributed by atoms with Crippen molar-refractivity contribution in [2.24, 2.45) is 5.73 Å². The highest BCUT2D eigenvalue weighted by molar-refractivity contribution is 6.39. The second-order valence-electron chi connectivity index (χ2n) is 7.16. The number of amides is 3. The lowest BCUT2D eigenvalue weighted by Crippen LogP contribution is -2.58. The molecule has 1 aromatic heterocycles. The lowest BCUT2D eigenvalue weighted by molar-refractivity contribution is -0.160. The Hall–Kier alpha value is -3.36. The standard InChI is InChI=1S/C20H20F2N4O3/c1-19(14-5-3-2-4-6-14)12-20(21,22)7-8-26(19)18(29)17(28)25-15-9-13(16(23)27)10-24-11-15/h2-6,9-11H,7-8,12H2,1H3,(H2,23,27)(H,25,28)/t19-/m1/s1. The van der Waals surface area contributed by atoms with E-state index in [1.54, 1.807) is 30.3 Å². The van der Waals surface area contributed by atoms with E-state index < -0.39 is 42.0 Å². The number of carbonyl (C=O) groups excluding carboxylic acids is 3. The van der Waals surface area contributed by atoms with Crippen molar-refractivity contribution in [2.45, 2.75) is 31.2 Å². The fraction of sp³-hybridized carbons (Fsp3) is 0.300. The van der Waals surface area contributed by atoms with Crippen LogP contribution in [0.4, 0.5) is 14.5 Å². The summed E-state index contributed by atoms with van der Waals surface area (Å²) in [4.78, 5) is 41.6. The molecule has 29 heavy (non-hydrogen) atoms. The number of nitrogens with one attached hydrogen (secondary N) is 1. The summed E-state index contributed by atoms with van der Waals surface area (Å²) in [5.74, 6) is -5.66. The van der Waals surface area contributed by atoms with Crippen molar-refractivity contribution in [1.82, 2.24) is 9.88 Å². The maximum Gasteiger partial charge on any atom is 0.313 e. The van der Waals surface area contributed by atoms with Crippen LogP contribution in [0.15, 0.2) is 48.8 Å². The van der Waals surface area contributed by atoms with E-state index in [1.807, 2.05) is 0 Å². The molecule has 0 spiro atoms. The van der Waals surface area contributed by atoms with Gasteiger partial charge in [-0.25, -0.2) is 8.78 Å². The summed E-state index contributed by atoms with van der Waals surface area (Å²) in [5, 5.41) is 2.36. The van der Waals surface area contributed by atoms with Gasteiger partial charge in [-0.3, -0.25) is 19.4 Å². The number of nitrogens with zero attached hydrogens (tertiary/aromatic N) is 2. The largest absolute Gasteiger partial charge is 0.366 e. The van der Waals surface area contributed by atoms with E-state index in [1.165, 1.54) is 30.3 Å². The van der Waals surface area contributed by atoms with Crippen molar-refractivity contribution in [2.75, 3.05) is 11.9 Å². The molecule has 1 atom stereocenters. The van der Waals surface area contributed by atoms with Crippen molar-refractivity contribution >= 4 is 23.4 Å². The number of anilines is 1. The van der Waals surface area contributed by atoms with E-state index in [4.69, 9.17) is 5.73 Å². The van der Waals surface area contributed by atoms with Gasteiger partial charge in [-0.2, -0.15) is 0 Å². The molecule has 1 aliphatic heterocycles. The van der Waals surface area contributed by atoms with Gasteiger partial charge < -0.3 is 16.0 Å². The monoisotopic (exact) mass is 402 g/mol. The number of carbonyl (C=O) groups is 3. The summed E-state index contributed by atoms with van der Waals surface area (Å²) < 4.78 is 28.4. The fourth-order valence-electron chi connectivity index (χ4n) is 3.54. The van der Waals surface area contributed by atoms with Gasteiger partial charge in [0, 0.05) is 25.6 Å². The minimum atomic E-state index is -2.96. The van der Waals surface area contributed by atoms with Gasteiger partial charge in [0.05, 0.1) is 23.0 Å². The smallest absolute Gasteiger partial charge is 0.313 e. The summed E-state index contributed by atoms with van der Waals surface area (Å²) in [5.41, 5.74) is 4.49. The van der Waals surface area contributed by atoms with E-state index in [0.29, 0.717) is 5.56 Å². The molecule has 152 valence electrons. The second kappa shape index (κ2) is 7.57. The van der Waals surface area contributed by atoms with Crippen LogP contribution in [-0.4, -0.2) is 40.1 Å². The van der Waals surface area contributed by atoms with Gasteiger partial charge in [0.1, 0.15) is 0 Å². The van der Waals surface area contributed by atoms with Gasteiger partial charge in [-0.05, 0) is 18.6 Å². The molecule has 0 aliphatic carbocycles. The summed E-state index contributed by atoms with van der Waals surface area (Å²) >= 11 is 0. The highest BCUT2D eigenvalue weighted by atomic mass is 19.3. The molecule has 1 fully saturated rings. The molecule has 1 saturated heterocycles. The molecule has 9 heteroatoms. The number of pyridine rings is 1. The minimum Gasteiger partial charge on any atom is -0.366 e. The molecule has 1 aromatic carbocycles. The van der Waals surface area contributed by atoms with E-state index in [2.05, 4.69) is 10.3 Å². The Morgan fingerprint density at radius 3 is 2.52 bits per heavy atom. The van der Waals surface area contributed by atoms with Crippen molar-refractivity contribution < 1.29 is 23.2 Å². The van der Waals surface area contributed by atoms with Crippen LogP contribution in [0.1, 0.15) is 35.7 Å². The van der Waals surface area contributed by atoms with Gasteiger partial charge >= 0.3 is 11.8 Å². The fourth-order valence-corrected chi connectivity index (χ4v) is 3.54. The predicted octanol–water partition coefficient (Wildman–Crippen LogP) is 2.29. The Balaban J connectivity index is 1.87.